The normalized spacial score (nSPS) is 36.8. The molecule has 0 spiro atoms. The number of nitrogens with one attached hydrogen (secondary N) is 1. The van der Waals surface area contributed by atoms with E-state index in [2.05, 4.69) is 63.2 Å². The molecule has 3 aliphatic carbocycles. The third-order valence-electron chi connectivity index (χ3n) is 9.96. The second-order valence-electron chi connectivity index (χ2n) is 12.4. The quantitative estimate of drug-likeness (QED) is 0.502. The van der Waals surface area contributed by atoms with Crippen LogP contribution < -0.4 is 0 Å². The number of fused-ring (bicyclic) bond motifs is 9. The van der Waals surface area contributed by atoms with Crippen molar-refractivity contribution >= 4 is 10.9 Å². The third-order valence-corrected chi connectivity index (χ3v) is 9.96. The minimum absolute atomic E-state index is 0.0392. The lowest BCUT2D eigenvalue weighted by molar-refractivity contribution is -0.0843. The van der Waals surface area contributed by atoms with Crippen molar-refractivity contribution < 1.29 is 9.84 Å². The Hall–Kier alpha value is -2.10. The lowest BCUT2D eigenvalue weighted by atomic mass is 9.51. The van der Waals surface area contributed by atoms with Crippen LogP contribution in [0.5, 0.6) is 0 Å². The van der Waals surface area contributed by atoms with E-state index in [1.54, 1.807) is 5.56 Å². The van der Waals surface area contributed by atoms with Crippen LogP contribution in [0.25, 0.3) is 10.9 Å². The van der Waals surface area contributed by atoms with E-state index in [0.717, 1.165) is 12.0 Å². The molecule has 2 aromatic rings. The van der Waals surface area contributed by atoms with Crippen LogP contribution >= 0.6 is 0 Å². The number of allylic oxidation sites excluding steroid dienone is 1. The van der Waals surface area contributed by atoms with Gasteiger partial charge < -0.3 is 14.8 Å². The van der Waals surface area contributed by atoms with Crippen molar-refractivity contribution in [3.8, 4) is 0 Å². The summed E-state index contributed by atoms with van der Waals surface area (Å²) < 4.78 is 6.41. The second kappa shape index (κ2) is 7.45. The molecule has 0 saturated heterocycles. The summed E-state index contributed by atoms with van der Waals surface area (Å²) in [6, 6.07) is 6.97. The average Bonchev–Trinajstić information content (AvgIpc) is 3.33. The maximum Gasteiger partial charge on any atom is 0.108 e. The molecule has 180 valence electrons. The molecule has 4 aliphatic rings. The summed E-state index contributed by atoms with van der Waals surface area (Å²) in [5.41, 5.74) is 8.04. The van der Waals surface area contributed by atoms with Crippen molar-refractivity contribution in [2.24, 2.45) is 17.3 Å². The zero-order chi connectivity index (χ0) is 24.0. The van der Waals surface area contributed by atoms with Gasteiger partial charge in [-0.15, -0.1) is 6.58 Å². The fourth-order valence-electron chi connectivity index (χ4n) is 7.99. The maximum absolute atomic E-state index is 10.8. The first-order chi connectivity index (χ1) is 16.1. The second-order valence-corrected chi connectivity index (χ2v) is 12.4. The molecule has 2 N–H and O–H groups in total. The SMILES string of the molecule is C=CC(C)(C)c1ccc2c3c([nH]c2c1)C1C(CCC2C4=CC(O)C(C(=C)C)OC4CCC21C)C3. The van der Waals surface area contributed by atoms with Crippen LogP contribution in [0.2, 0.25) is 0 Å². The van der Waals surface area contributed by atoms with Crippen molar-refractivity contribution in [2.45, 2.75) is 89.4 Å². The molecule has 0 bridgehead atoms. The molecule has 2 heterocycles. The number of rotatable bonds is 3. The van der Waals surface area contributed by atoms with Crippen LogP contribution in [-0.2, 0) is 16.6 Å². The van der Waals surface area contributed by atoms with E-state index in [1.807, 2.05) is 13.0 Å². The van der Waals surface area contributed by atoms with Gasteiger partial charge in [-0.05, 0) is 84.6 Å². The van der Waals surface area contributed by atoms with Gasteiger partial charge in [0.25, 0.3) is 0 Å². The fourth-order valence-corrected chi connectivity index (χ4v) is 7.99. The number of hydrogen-bond acceptors (Lipinski definition) is 2. The number of aliphatic hydroxyl groups excluding tert-OH is 1. The third kappa shape index (κ3) is 3.02. The van der Waals surface area contributed by atoms with Crippen molar-refractivity contribution in [3.05, 3.63) is 71.5 Å². The van der Waals surface area contributed by atoms with Crippen LogP contribution in [0.15, 0.2) is 54.7 Å². The lowest BCUT2D eigenvalue weighted by Crippen LogP contribution is -2.51. The molecular weight excluding hydrogens is 418 g/mol. The first-order valence-electron chi connectivity index (χ1n) is 13.1. The fraction of sp³-hybridized carbons (Fsp3) is 0.548. The monoisotopic (exact) mass is 457 g/mol. The van der Waals surface area contributed by atoms with Crippen molar-refractivity contribution in [1.29, 1.82) is 0 Å². The van der Waals surface area contributed by atoms with Gasteiger partial charge in [0.1, 0.15) is 12.2 Å². The molecule has 6 rings (SSSR count). The molecule has 3 heteroatoms. The lowest BCUT2D eigenvalue weighted by Gasteiger charge is -2.56. The van der Waals surface area contributed by atoms with Crippen molar-refractivity contribution in [3.63, 3.8) is 0 Å². The van der Waals surface area contributed by atoms with Crippen LogP contribution in [0, 0.1) is 17.3 Å². The van der Waals surface area contributed by atoms with Crippen molar-refractivity contribution in [2.75, 3.05) is 0 Å². The Kier molecular flexibility index (Phi) is 4.90. The molecule has 1 aliphatic heterocycles. The number of hydrogen-bond donors (Lipinski definition) is 2. The number of aromatic amines is 1. The van der Waals surface area contributed by atoms with Gasteiger partial charge >= 0.3 is 0 Å². The first-order valence-corrected chi connectivity index (χ1v) is 13.1. The molecule has 0 amide bonds. The molecule has 2 saturated carbocycles. The molecule has 3 nitrogen and oxygen atoms in total. The molecule has 1 aromatic heterocycles. The number of benzene rings is 1. The highest BCUT2D eigenvalue weighted by atomic mass is 16.5. The first kappa shape index (κ1) is 22.4. The van der Waals surface area contributed by atoms with Gasteiger partial charge in [-0.3, -0.25) is 0 Å². The van der Waals surface area contributed by atoms with Gasteiger partial charge in [0.2, 0.25) is 0 Å². The maximum atomic E-state index is 10.8. The molecule has 0 radical (unpaired) electrons. The average molecular weight is 458 g/mol. The number of H-pyrrole nitrogens is 1. The highest BCUT2D eigenvalue weighted by Crippen LogP contribution is 2.65. The topological polar surface area (TPSA) is 45.2 Å². The summed E-state index contributed by atoms with van der Waals surface area (Å²) in [6.07, 6.45) is 9.30. The number of aromatic nitrogens is 1. The summed E-state index contributed by atoms with van der Waals surface area (Å²) >= 11 is 0. The van der Waals surface area contributed by atoms with Gasteiger partial charge in [0.15, 0.2) is 0 Å². The molecular formula is C31H39NO2. The summed E-state index contributed by atoms with van der Waals surface area (Å²) in [4.78, 5) is 3.93. The van der Waals surface area contributed by atoms with E-state index >= 15 is 0 Å². The summed E-state index contributed by atoms with van der Waals surface area (Å²) in [5.74, 6) is 1.73. The Balaban J connectivity index is 1.40. The summed E-state index contributed by atoms with van der Waals surface area (Å²) in [6.45, 7) is 17.0. The molecule has 7 atom stereocenters. The van der Waals surface area contributed by atoms with Gasteiger partial charge in [-0.1, -0.05) is 51.6 Å². The predicted octanol–water partition coefficient (Wildman–Crippen LogP) is 6.73. The Morgan fingerprint density at radius 2 is 2.06 bits per heavy atom. The smallest absolute Gasteiger partial charge is 0.108 e. The van der Waals surface area contributed by atoms with Crippen LogP contribution in [-0.4, -0.2) is 28.4 Å². The Bertz CT molecular complexity index is 1220. The van der Waals surface area contributed by atoms with Gasteiger partial charge in [-0.2, -0.15) is 0 Å². The minimum atomic E-state index is -0.581. The van der Waals surface area contributed by atoms with E-state index in [9.17, 15) is 5.11 Å². The number of ether oxygens (including phenoxy) is 1. The Labute approximate surface area is 204 Å². The molecule has 2 fully saturated rings. The van der Waals surface area contributed by atoms with E-state index in [1.165, 1.54) is 53.4 Å². The van der Waals surface area contributed by atoms with Gasteiger partial charge in [0.05, 0.1) is 6.10 Å². The van der Waals surface area contributed by atoms with E-state index < -0.39 is 6.10 Å². The molecule has 34 heavy (non-hydrogen) atoms. The highest BCUT2D eigenvalue weighted by molar-refractivity contribution is 5.86. The predicted molar refractivity (Wildman–Crippen MR) is 139 cm³/mol. The van der Waals surface area contributed by atoms with Crippen molar-refractivity contribution in [1.82, 2.24) is 4.98 Å². The van der Waals surface area contributed by atoms with Crippen LogP contribution in [0.4, 0.5) is 0 Å². The Morgan fingerprint density at radius 1 is 1.26 bits per heavy atom. The number of aliphatic hydroxyl groups is 1. The molecule has 1 aromatic carbocycles. The Morgan fingerprint density at radius 3 is 2.79 bits per heavy atom. The van der Waals surface area contributed by atoms with Crippen LogP contribution in [0.1, 0.15) is 76.1 Å². The van der Waals surface area contributed by atoms with E-state index in [4.69, 9.17) is 4.74 Å². The summed E-state index contributed by atoms with van der Waals surface area (Å²) in [5, 5.41) is 12.2. The largest absolute Gasteiger partial charge is 0.386 e. The van der Waals surface area contributed by atoms with Gasteiger partial charge in [0, 0.05) is 27.9 Å². The molecule has 7 unspecified atom stereocenters. The van der Waals surface area contributed by atoms with Gasteiger partial charge in [-0.25, -0.2) is 0 Å². The standard InChI is InChI=1S/C31H39NO2/c1-7-30(4,5)19-9-10-20-21-14-18-8-11-23-22-16-25(33)29(17(2)3)34-26(22)12-13-31(23,6)27(18)28(21)32-24(20)15-19/h7,9-10,15-16,18,23,25-27,29,32-33H,1-2,8,11-14H2,3-6H3. The van der Waals surface area contributed by atoms with E-state index in [-0.39, 0.29) is 23.0 Å². The summed E-state index contributed by atoms with van der Waals surface area (Å²) in [7, 11) is 0. The minimum Gasteiger partial charge on any atom is -0.386 e. The highest BCUT2D eigenvalue weighted by Gasteiger charge is 2.57. The zero-order valence-corrected chi connectivity index (χ0v) is 21.2. The zero-order valence-electron chi connectivity index (χ0n) is 21.2. The van der Waals surface area contributed by atoms with Crippen LogP contribution in [0.3, 0.4) is 0 Å². The van der Waals surface area contributed by atoms with E-state index in [0.29, 0.717) is 17.8 Å².